The molecule has 1 aliphatic rings. The third-order valence-electron chi connectivity index (χ3n) is 8.12. The number of primary amides is 3. The Morgan fingerprint density at radius 2 is 1.07 bits per heavy atom. The summed E-state index contributed by atoms with van der Waals surface area (Å²) in [5.41, 5.74) is 50.2. The molecule has 0 aromatic heterocycles. The zero-order valence-corrected chi connectivity index (χ0v) is 40.6. The minimum absolute atomic E-state index is 0.0213. The Morgan fingerprint density at radius 3 is 1.27 bits per heavy atom. The fourth-order valence-corrected chi connectivity index (χ4v) is 3.93. The second-order valence-electron chi connectivity index (χ2n) is 15.0. The highest BCUT2D eigenvalue weighted by atomic mass is 32.1. The Morgan fingerprint density at radius 1 is 0.643 bits per heavy atom. The number of phenolic OH excluding ortho intramolecular Hbond substituents is 1. The number of benzene rings is 1. The Kier molecular flexibility index (Phi) is 48.6. The number of carbonyl (C=O) groups excluding carboxylic acids is 3. The standard InChI is InChI=1S/C9H11NO3.2C6H13NO2.C5H10N2O3.C5H9NO2.C4H8N2O3.C3H7NO2S.C2H6N2O/c10-8(9(12)13)5-6-1-3-7(11)4-2-6;1-4(2)3-5(7)6(8)9;1-3-4(2)5(7)6(8)9;6-3(5(9)10)1-2-4(7)8;7-5(8)4-2-1-3-6-4;5-2(4(8)9)1-3(6)7;4-2(1-7)3(5)6;3-1-2(4)5/h1-4,8,11H,5,10H2,(H,12,13);2*4-5H,3,7H2,1-2H3,(H,8,9);3H,1-2,6H2,(H2,7,8)(H,9,10);4,6H,1-3H2,(H,7,8);2H,1,5H2,(H2,6,7)(H,8,9);2,7H,1,4H2,(H,5,6);1,3H2,(H2,4,5)/t;;;;4-;;;/m....0.../s1. The molecule has 8 atom stereocenters. The number of aromatic hydroxyl groups is 1. The maximum Gasteiger partial charge on any atom is 0.321 e. The molecule has 70 heavy (non-hydrogen) atoms. The van der Waals surface area contributed by atoms with Crippen molar-refractivity contribution in [3.05, 3.63) is 29.8 Å². The van der Waals surface area contributed by atoms with Gasteiger partial charge in [0.1, 0.15) is 48.0 Å². The molecule has 29 nitrogen and oxygen atoms in total. The highest BCUT2D eigenvalue weighted by molar-refractivity contribution is 7.80. The third-order valence-corrected chi connectivity index (χ3v) is 8.52. The van der Waals surface area contributed by atoms with Crippen LogP contribution in [0.3, 0.4) is 0 Å². The molecule has 0 bridgehead atoms. The summed E-state index contributed by atoms with van der Waals surface area (Å²) >= 11 is 3.65. The van der Waals surface area contributed by atoms with Crippen LogP contribution in [0, 0.1) is 11.8 Å². The number of carboxylic acid groups (broad SMARTS) is 7. The number of phenols is 1. The van der Waals surface area contributed by atoms with Gasteiger partial charge in [0.05, 0.1) is 13.0 Å². The van der Waals surface area contributed by atoms with Gasteiger partial charge in [-0.2, -0.15) is 12.6 Å². The first-order chi connectivity index (χ1) is 32.0. The second-order valence-corrected chi connectivity index (χ2v) is 15.4. The Labute approximate surface area is 410 Å². The number of thiol groups is 1. The number of aliphatic carboxylic acids is 7. The summed E-state index contributed by atoms with van der Waals surface area (Å²) in [5.74, 6) is -7.82. The topological polar surface area (TPSA) is 605 Å². The van der Waals surface area contributed by atoms with Crippen molar-refractivity contribution in [3.8, 4) is 5.75 Å². The monoisotopic (exact) mass is 1030 g/mol. The predicted molar refractivity (Wildman–Crippen MR) is 257 cm³/mol. The van der Waals surface area contributed by atoms with E-state index in [1.165, 1.54) is 12.1 Å². The maximum atomic E-state index is 10.4. The molecule has 3 amide bonds. The number of rotatable bonds is 20. The van der Waals surface area contributed by atoms with E-state index < -0.39 is 95.8 Å². The first kappa shape index (κ1) is 75.3. The zero-order valence-electron chi connectivity index (χ0n) is 39.7. The van der Waals surface area contributed by atoms with Crippen LogP contribution in [0.4, 0.5) is 0 Å². The second kappa shape index (κ2) is 45.2. The van der Waals surface area contributed by atoms with Crippen molar-refractivity contribution in [3.63, 3.8) is 0 Å². The van der Waals surface area contributed by atoms with Crippen LogP contribution in [0.25, 0.3) is 0 Å². The summed E-state index contributed by atoms with van der Waals surface area (Å²) in [6.45, 7) is 8.45. The van der Waals surface area contributed by atoms with Gasteiger partial charge in [0, 0.05) is 12.2 Å². The molecule has 2 rings (SSSR count). The van der Waals surface area contributed by atoms with Gasteiger partial charge in [0.2, 0.25) is 17.7 Å². The SMILES string of the molecule is CC(C)CC(N)C(=O)O.CCC(C)C(N)C(=O)O.NC(=O)CC(N)C(=O)O.NC(=O)CCC(N)C(=O)O.NC(CS)C(=O)O.NC(Cc1ccc(O)cc1)C(=O)O.NCC(N)=O.O=C(O)[C@@H]1CCCN1. The molecule has 1 saturated heterocycles. The van der Waals surface area contributed by atoms with Gasteiger partial charge in [-0.3, -0.25) is 47.9 Å². The van der Waals surface area contributed by atoms with E-state index in [2.05, 4.69) is 29.4 Å². The lowest BCUT2D eigenvalue weighted by atomic mass is 10.0. The minimum atomic E-state index is -1.21. The highest BCUT2D eigenvalue weighted by Gasteiger charge is 2.20. The fourth-order valence-electron chi connectivity index (χ4n) is 3.78. The van der Waals surface area contributed by atoms with Crippen LogP contribution in [-0.4, -0.2) is 161 Å². The largest absolute Gasteiger partial charge is 0.508 e. The van der Waals surface area contributed by atoms with Crippen LogP contribution in [0.2, 0.25) is 0 Å². The molecule has 0 spiro atoms. The lowest BCUT2D eigenvalue weighted by Gasteiger charge is -2.11. The van der Waals surface area contributed by atoms with E-state index >= 15 is 0 Å². The summed E-state index contributed by atoms with van der Waals surface area (Å²) in [5, 5.41) is 69.7. The van der Waals surface area contributed by atoms with Crippen molar-refractivity contribution in [2.45, 2.75) is 121 Å². The molecule has 0 radical (unpaired) electrons. The summed E-state index contributed by atoms with van der Waals surface area (Å²) in [6.07, 6.45) is 3.23. The molecule has 30 heteroatoms. The van der Waals surface area contributed by atoms with Crippen LogP contribution >= 0.6 is 12.6 Å². The molecule has 1 aromatic rings. The van der Waals surface area contributed by atoms with E-state index in [-0.39, 0.29) is 55.7 Å². The Bertz CT molecular complexity index is 1690. The predicted octanol–water partition coefficient (Wildman–Crippen LogP) is -4.25. The van der Waals surface area contributed by atoms with Crippen LogP contribution in [0.5, 0.6) is 5.75 Å². The molecule has 0 aliphatic carbocycles. The number of carbonyl (C=O) groups is 10. The van der Waals surface area contributed by atoms with Crippen molar-refractivity contribution < 1.29 is 88.8 Å². The molecular formula is C40H77N11O18S. The van der Waals surface area contributed by atoms with Gasteiger partial charge in [-0.1, -0.05) is 46.2 Å². The number of nitrogens with two attached hydrogens (primary N) is 10. The van der Waals surface area contributed by atoms with Crippen molar-refractivity contribution in [1.82, 2.24) is 5.32 Å². The van der Waals surface area contributed by atoms with Crippen LogP contribution in [0.1, 0.15) is 78.2 Å². The zero-order chi connectivity index (χ0) is 56.4. The van der Waals surface area contributed by atoms with Gasteiger partial charge in [-0.05, 0) is 68.2 Å². The summed E-state index contributed by atoms with van der Waals surface area (Å²) in [4.78, 5) is 100. The van der Waals surface area contributed by atoms with E-state index in [4.69, 9.17) is 86.7 Å². The molecule has 1 aromatic carbocycles. The Hall–Kier alpha value is -6.25. The summed E-state index contributed by atoms with van der Waals surface area (Å²) in [7, 11) is 0. The molecule has 29 N–H and O–H groups in total. The van der Waals surface area contributed by atoms with Crippen LogP contribution < -0.4 is 62.7 Å². The molecular weight excluding hydrogens is 955 g/mol. The average molecular weight is 1030 g/mol. The molecule has 1 heterocycles. The summed E-state index contributed by atoms with van der Waals surface area (Å²) < 4.78 is 0. The van der Waals surface area contributed by atoms with E-state index in [0.29, 0.717) is 12.3 Å². The number of amides is 3. The van der Waals surface area contributed by atoms with Crippen molar-refractivity contribution in [2.24, 2.45) is 69.2 Å². The molecule has 1 aliphatic heterocycles. The van der Waals surface area contributed by atoms with Gasteiger partial charge in [0.15, 0.2) is 0 Å². The first-order valence-corrected chi connectivity index (χ1v) is 21.5. The smallest absolute Gasteiger partial charge is 0.321 e. The van der Waals surface area contributed by atoms with Gasteiger partial charge in [0.25, 0.3) is 0 Å². The number of hydrogen-bond acceptors (Lipinski definition) is 20. The van der Waals surface area contributed by atoms with Crippen molar-refractivity contribution in [1.29, 1.82) is 0 Å². The van der Waals surface area contributed by atoms with Gasteiger partial charge in [-0.15, -0.1) is 0 Å². The van der Waals surface area contributed by atoms with Crippen LogP contribution in [-0.2, 0) is 54.4 Å². The van der Waals surface area contributed by atoms with Gasteiger partial charge < -0.3 is 104 Å². The van der Waals surface area contributed by atoms with Gasteiger partial charge in [-0.25, -0.2) is 0 Å². The van der Waals surface area contributed by atoms with E-state index in [1.54, 1.807) is 12.1 Å². The molecule has 0 saturated carbocycles. The van der Waals surface area contributed by atoms with E-state index in [1.807, 2.05) is 27.7 Å². The highest BCUT2D eigenvalue weighted by Crippen LogP contribution is 2.11. The number of carboxylic acids is 7. The van der Waals surface area contributed by atoms with Crippen molar-refractivity contribution in [2.75, 3.05) is 18.8 Å². The van der Waals surface area contributed by atoms with Crippen molar-refractivity contribution >= 4 is 72.1 Å². The third kappa shape index (κ3) is 52.7. The molecule has 7 unspecified atom stereocenters. The lowest BCUT2D eigenvalue weighted by molar-refractivity contribution is -0.140. The minimum Gasteiger partial charge on any atom is -0.508 e. The quantitative estimate of drug-likeness (QED) is 0.0550. The molecule has 1 fully saturated rings. The lowest BCUT2D eigenvalue weighted by Crippen LogP contribution is -2.36. The summed E-state index contributed by atoms with van der Waals surface area (Å²) in [6, 6.07) is 0.808. The average Bonchev–Trinajstić information content (AvgIpc) is 3.82. The van der Waals surface area contributed by atoms with E-state index in [9.17, 15) is 47.9 Å². The molecule has 406 valence electrons. The number of nitrogens with one attached hydrogen (secondary N) is 1. The maximum absolute atomic E-state index is 10.4. The normalized spacial score (nSPS) is 14.7. The van der Waals surface area contributed by atoms with Gasteiger partial charge >= 0.3 is 41.8 Å². The fraction of sp³-hybridized carbons (Fsp3) is 0.600. The van der Waals surface area contributed by atoms with E-state index in [0.717, 1.165) is 31.4 Å². The number of hydrogen-bond donors (Lipinski definition) is 20. The first-order valence-electron chi connectivity index (χ1n) is 20.9. The van der Waals surface area contributed by atoms with Crippen LogP contribution in [0.15, 0.2) is 24.3 Å². The Balaban J connectivity index is -0.000000169.